The van der Waals surface area contributed by atoms with Gasteiger partial charge in [-0.1, -0.05) is 18.2 Å². The van der Waals surface area contributed by atoms with Crippen molar-refractivity contribution >= 4 is 16.9 Å². The summed E-state index contributed by atoms with van der Waals surface area (Å²) >= 11 is 1.92. The Balaban J connectivity index is 1.59. The van der Waals surface area contributed by atoms with Crippen LogP contribution in [0.1, 0.15) is 32.1 Å². The first-order valence-electron chi connectivity index (χ1n) is 5.85. The average Bonchev–Trinajstić information content (AvgIpc) is 2.81. The quantitative estimate of drug-likeness (QED) is 0.718. The van der Waals surface area contributed by atoms with E-state index < -0.39 is 0 Å². The Hall–Kier alpha value is -0.180. The lowest BCUT2D eigenvalue weighted by Gasteiger charge is -2.25. The Morgan fingerprint density at radius 1 is 1.29 bits per heavy atom. The van der Waals surface area contributed by atoms with E-state index in [2.05, 4.69) is 10.3 Å². The average molecular weight is 210 g/mol. The molecule has 2 nitrogen and oxygen atoms in total. The van der Waals surface area contributed by atoms with Crippen LogP contribution in [0.3, 0.4) is 0 Å². The molecule has 3 heteroatoms. The number of hydrogen-bond acceptors (Lipinski definition) is 3. The Labute approximate surface area is 89.9 Å². The zero-order valence-electron chi connectivity index (χ0n) is 8.54. The molecule has 14 heavy (non-hydrogen) atoms. The van der Waals surface area contributed by atoms with Gasteiger partial charge in [0, 0.05) is 18.3 Å². The van der Waals surface area contributed by atoms with Crippen LogP contribution in [0.4, 0.5) is 0 Å². The van der Waals surface area contributed by atoms with Crippen LogP contribution < -0.4 is 5.32 Å². The molecule has 0 aromatic heterocycles. The van der Waals surface area contributed by atoms with Crippen LogP contribution in [0.5, 0.6) is 0 Å². The highest BCUT2D eigenvalue weighted by atomic mass is 32.2. The van der Waals surface area contributed by atoms with Crippen molar-refractivity contribution in [2.45, 2.75) is 38.1 Å². The third kappa shape index (κ3) is 1.67. The summed E-state index contributed by atoms with van der Waals surface area (Å²) in [6, 6.07) is 0.762. The maximum Gasteiger partial charge on any atom is 0.156 e. The second-order valence-corrected chi connectivity index (χ2v) is 5.90. The van der Waals surface area contributed by atoms with Gasteiger partial charge in [0.1, 0.15) is 0 Å². The fourth-order valence-electron chi connectivity index (χ4n) is 3.13. The molecule has 3 rings (SSSR count). The fraction of sp³-hybridized carbons (Fsp3) is 0.909. The van der Waals surface area contributed by atoms with Crippen molar-refractivity contribution in [1.29, 1.82) is 0 Å². The van der Waals surface area contributed by atoms with Gasteiger partial charge in [0.2, 0.25) is 0 Å². The van der Waals surface area contributed by atoms with Crippen LogP contribution in [0.2, 0.25) is 0 Å². The summed E-state index contributed by atoms with van der Waals surface area (Å²) in [6.07, 6.45) is 7.09. The van der Waals surface area contributed by atoms with E-state index >= 15 is 0 Å². The van der Waals surface area contributed by atoms with Crippen LogP contribution in [0.25, 0.3) is 0 Å². The van der Waals surface area contributed by atoms with E-state index in [1.165, 1.54) is 43.0 Å². The molecule has 0 amide bonds. The first kappa shape index (κ1) is 9.08. The highest BCUT2D eigenvalue weighted by molar-refractivity contribution is 8.13. The molecule has 0 aromatic rings. The van der Waals surface area contributed by atoms with Crippen LogP contribution in [-0.2, 0) is 0 Å². The largest absolute Gasteiger partial charge is 0.362 e. The summed E-state index contributed by atoms with van der Waals surface area (Å²) in [5.74, 6) is 3.25. The van der Waals surface area contributed by atoms with Gasteiger partial charge in [0.25, 0.3) is 0 Å². The van der Waals surface area contributed by atoms with Crippen molar-refractivity contribution in [1.82, 2.24) is 5.32 Å². The normalized spacial score (nSPS) is 41.1. The maximum atomic E-state index is 4.55. The summed E-state index contributed by atoms with van der Waals surface area (Å²) in [6.45, 7) is 1.04. The Morgan fingerprint density at radius 2 is 2.29 bits per heavy atom. The van der Waals surface area contributed by atoms with Crippen molar-refractivity contribution in [3.63, 3.8) is 0 Å². The lowest BCUT2D eigenvalue weighted by molar-refractivity contribution is 0.392. The van der Waals surface area contributed by atoms with Gasteiger partial charge in [-0.2, -0.15) is 0 Å². The van der Waals surface area contributed by atoms with E-state index in [4.69, 9.17) is 0 Å². The van der Waals surface area contributed by atoms with Crippen molar-refractivity contribution in [2.75, 3.05) is 12.3 Å². The molecule has 0 aromatic carbocycles. The predicted molar refractivity (Wildman–Crippen MR) is 61.7 cm³/mol. The Bertz CT molecular complexity index is 252. The molecule has 1 N–H and O–H groups in total. The molecule has 78 valence electrons. The van der Waals surface area contributed by atoms with Crippen molar-refractivity contribution in [3.8, 4) is 0 Å². The van der Waals surface area contributed by atoms with Crippen LogP contribution in [-0.4, -0.2) is 23.5 Å². The lowest BCUT2D eigenvalue weighted by Crippen LogP contribution is -2.38. The summed E-state index contributed by atoms with van der Waals surface area (Å²) in [4.78, 5) is 4.55. The molecule has 2 saturated carbocycles. The third-order valence-corrected chi connectivity index (χ3v) is 4.86. The second-order valence-electron chi connectivity index (χ2n) is 4.81. The van der Waals surface area contributed by atoms with Crippen molar-refractivity contribution < 1.29 is 0 Å². The van der Waals surface area contributed by atoms with Gasteiger partial charge in [0.15, 0.2) is 5.17 Å². The van der Waals surface area contributed by atoms with Gasteiger partial charge in [-0.15, -0.1) is 0 Å². The first-order chi connectivity index (χ1) is 6.92. The highest BCUT2D eigenvalue weighted by Crippen LogP contribution is 2.44. The van der Waals surface area contributed by atoms with Gasteiger partial charge in [-0.05, 0) is 37.5 Å². The van der Waals surface area contributed by atoms with Crippen LogP contribution in [0, 0.1) is 11.8 Å². The number of rotatable bonds is 1. The molecule has 2 fully saturated rings. The van der Waals surface area contributed by atoms with E-state index in [1.807, 2.05) is 11.8 Å². The minimum atomic E-state index is 0.762. The van der Waals surface area contributed by atoms with Gasteiger partial charge in [0.05, 0.1) is 0 Å². The number of nitrogens with one attached hydrogen (secondary N) is 1. The molecule has 1 aliphatic heterocycles. The summed E-state index contributed by atoms with van der Waals surface area (Å²) in [5.41, 5.74) is 0. The molecule has 0 saturated heterocycles. The molecular weight excluding hydrogens is 192 g/mol. The standard InChI is InChI=1S/C11H18N2S/c1-4-12-11(14-5-1)13-10-7-8-2-3-9(10)6-8/h8-10H,1-7H2,(H,12,13). The number of aliphatic imine (C=N–C) groups is 1. The fourth-order valence-corrected chi connectivity index (χ4v) is 4.01. The number of thioether (sulfide) groups is 1. The van der Waals surface area contributed by atoms with E-state index in [0.29, 0.717) is 0 Å². The van der Waals surface area contributed by atoms with Gasteiger partial charge in [-0.3, -0.25) is 4.99 Å². The smallest absolute Gasteiger partial charge is 0.156 e. The minimum absolute atomic E-state index is 0.762. The number of fused-ring (bicyclic) bond motifs is 2. The van der Waals surface area contributed by atoms with Gasteiger partial charge >= 0.3 is 0 Å². The van der Waals surface area contributed by atoms with Crippen molar-refractivity contribution in [2.24, 2.45) is 16.8 Å². The SMILES string of the molecule is C1CN=C(NC2CC3CCC2C3)SC1. The molecule has 3 atom stereocenters. The second kappa shape index (κ2) is 3.76. The molecule has 2 aliphatic carbocycles. The van der Waals surface area contributed by atoms with Gasteiger partial charge in [-0.25, -0.2) is 0 Å². The first-order valence-corrected chi connectivity index (χ1v) is 6.84. The zero-order valence-corrected chi connectivity index (χ0v) is 9.35. The van der Waals surface area contributed by atoms with E-state index in [9.17, 15) is 0 Å². The summed E-state index contributed by atoms with van der Waals surface area (Å²) < 4.78 is 0. The Morgan fingerprint density at radius 3 is 2.93 bits per heavy atom. The number of amidine groups is 1. The third-order valence-electron chi connectivity index (χ3n) is 3.84. The summed E-state index contributed by atoms with van der Waals surface area (Å²) in [5, 5.41) is 4.89. The maximum absolute atomic E-state index is 4.55. The molecular formula is C11H18N2S. The highest BCUT2D eigenvalue weighted by Gasteiger charge is 2.39. The lowest BCUT2D eigenvalue weighted by atomic mass is 9.96. The molecule has 2 bridgehead atoms. The van der Waals surface area contributed by atoms with E-state index in [1.54, 1.807) is 0 Å². The minimum Gasteiger partial charge on any atom is -0.362 e. The number of nitrogens with zero attached hydrogens (tertiary/aromatic N) is 1. The topological polar surface area (TPSA) is 24.4 Å². The molecule has 3 aliphatic rings. The van der Waals surface area contributed by atoms with Crippen LogP contribution in [0.15, 0.2) is 4.99 Å². The monoisotopic (exact) mass is 210 g/mol. The number of hydrogen-bond donors (Lipinski definition) is 1. The Kier molecular flexibility index (Phi) is 2.44. The molecule has 0 radical (unpaired) electrons. The summed E-state index contributed by atoms with van der Waals surface area (Å²) in [7, 11) is 0. The van der Waals surface area contributed by atoms with Crippen molar-refractivity contribution in [3.05, 3.63) is 0 Å². The predicted octanol–water partition coefficient (Wildman–Crippen LogP) is 2.26. The zero-order chi connectivity index (χ0) is 9.38. The molecule has 3 unspecified atom stereocenters. The van der Waals surface area contributed by atoms with E-state index in [-0.39, 0.29) is 0 Å². The molecule has 0 spiro atoms. The van der Waals surface area contributed by atoms with E-state index in [0.717, 1.165) is 24.4 Å². The van der Waals surface area contributed by atoms with Crippen LogP contribution >= 0.6 is 11.8 Å². The molecule has 1 heterocycles. The van der Waals surface area contributed by atoms with Gasteiger partial charge < -0.3 is 5.32 Å².